The molecule has 1 aliphatic rings. The monoisotopic (exact) mass is 488 g/mol. The molecule has 1 aliphatic carbocycles. The van der Waals surface area contributed by atoms with Crippen LogP contribution >= 0.6 is 0 Å². The maximum atomic E-state index is 13.9. The van der Waals surface area contributed by atoms with E-state index in [1.54, 1.807) is 20.8 Å². The van der Waals surface area contributed by atoms with Gasteiger partial charge in [0.15, 0.2) is 0 Å². The molecule has 4 unspecified atom stereocenters. The summed E-state index contributed by atoms with van der Waals surface area (Å²) in [4.78, 5) is 53.2. The Bertz CT molecular complexity index is 927. The van der Waals surface area contributed by atoms with Crippen molar-refractivity contribution in [2.24, 2.45) is 11.7 Å². The smallest absolute Gasteiger partial charge is 0.408 e. The quantitative estimate of drug-likeness (QED) is 0.412. The summed E-state index contributed by atoms with van der Waals surface area (Å²) in [5, 5.41) is 5.46. The van der Waals surface area contributed by atoms with Gasteiger partial charge in [-0.25, -0.2) is 4.79 Å². The van der Waals surface area contributed by atoms with Crippen molar-refractivity contribution in [3.8, 4) is 0 Å². The molecule has 4 N–H and O–H groups in total. The number of aryl methyl sites for hydroxylation is 1. The number of primary amides is 1. The molecule has 2 rings (SSSR count). The van der Waals surface area contributed by atoms with E-state index in [1.165, 1.54) is 4.90 Å². The minimum absolute atomic E-state index is 0.172. The van der Waals surface area contributed by atoms with Crippen molar-refractivity contribution in [3.63, 3.8) is 0 Å². The summed E-state index contributed by atoms with van der Waals surface area (Å²) in [5.74, 6) is -1.42. The lowest BCUT2D eigenvalue weighted by Gasteiger charge is -2.35. The molecule has 1 aromatic rings. The fourth-order valence-corrected chi connectivity index (χ4v) is 3.97. The van der Waals surface area contributed by atoms with Crippen LogP contribution in [0, 0.1) is 12.8 Å². The number of nitrogens with one attached hydrogen (secondary N) is 2. The molecule has 4 atom stereocenters. The second-order valence-electron chi connectivity index (χ2n) is 10.4. The fraction of sp³-hybridized carbons (Fsp3) is 0.615. The number of rotatable bonds is 11. The summed E-state index contributed by atoms with van der Waals surface area (Å²) in [7, 11) is 0. The van der Waals surface area contributed by atoms with Gasteiger partial charge in [-0.05, 0) is 52.0 Å². The molecule has 35 heavy (non-hydrogen) atoms. The van der Waals surface area contributed by atoms with Crippen LogP contribution in [0.3, 0.4) is 0 Å². The Balaban J connectivity index is 2.46. The van der Waals surface area contributed by atoms with E-state index in [2.05, 4.69) is 10.6 Å². The molecule has 1 saturated carbocycles. The minimum atomic E-state index is -1.26. The highest BCUT2D eigenvalue weighted by molar-refractivity contribution is 5.95. The summed E-state index contributed by atoms with van der Waals surface area (Å²) in [6, 6.07) is 5.07. The molecule has 0 saturated heterocycles. The van der Waals surface area contributed by atoms with Gasteiger partial charge >= 0.3 is 6.09 Å². The standard InChI is InChI=1S/C26H40N4O5/c1-7-8-12-28-23(32)22(18-11-9-10-16(2)13-18)30(20-14-17(20)3)24(33)19(15-21(27)31)29-25(34)35-26(4,5)6/h9-11,13,17,19-20,22H,7-8,12,14-15H2,1-6H3,(H2,27,31)(H,28,32)(H,29,34). The number of amides is 4. The molecule has 1 aromatic carbocycles. The SMILES string of the molecule is CCCCNC(=O)C(c1cccc(C)c1)N(C(=O)C(CC(N)=O)NC(=O)OC(C)(C)C)C1CC1C. The van der Waals surface area contributed by atoms with Crippen LogP contribution in [0.25, 0.3) is 0 Å². The normalized spacial score (nSPS) is 18.7. The molecule has 0 aliphatic heterocycles. The Hall–Kier alpha value is -3.10. The van der Waals surface area contributed by atoms with Crippen molar-refractivity contribution in [2.45, 2.75) is 91.0 Å². The van der Waals surface area contributed by atoms with Gasteiger partial charge in [0.05, 0.1) is 6.42 Å². The second kappa shape index (κ2) is 12.0. The highest BCUT2D eigenvalue weighted by atomic mass is 16.6. The van der Waals surface area contributed by atoms with E-state index in [9.17, 15) is 19.2 Å². The van der Waals surface area contributed by atoms with E-state index < -0.39 is 42.0 Å². The Morgan fingerprint density at radius 2 is 1.89 bits per heavy atom. The van der Waals surface area contributed by atoms with Crippen LogP contribution in [0.4, 0.5) is 4.79 Å². The van der Waals surface area contributed by atoms with Crippen LogP contribution in [0.1, 0.15) is 77.5 Å². The Labute approximate surface area is 208 Å². The number of hydrogen-bond donors (Lipinski definition) is 3. The molecule has 9 nitrogen and oxygen atoms in total. The molecular weight excluding hydrogens is 448 g/mol. The van der Waals surface area contributed by atoms with E-state index in [-0.39, 0.29) is 17.9 Å². The van der Waals surface area contributed by atoms with Crippen molar-refractivity contribution < 1.29 is 23.9 Å². The third-order valence-corrected chi connectivity index (χ3v) is 5.79. The largest absolute Gasteiger partial charge is 0.444 e. The van der Waals surface area contributed by atoms with Crippen molar-refractivity contribution in [2.75, 3.05) is 6.54 Å². The molecule has 194 valence electrons. The van der Waals surface area contributed by atoms with E-state index in [0.29, 0.717) is 18.5 Å². The minimum Gasteiger partial charge on any atom is -0.444 e. The maximum Gasteiger partial charge on any atom is 0.408 e. The lowest BCUT2D eigenvalue weighted by molar-refractivity contribution is -0.144. The van der Waals surface area contributed by atoms with Crippen LogP contribution in [0.2, 0.25) is 0 Å². The molecule has 0 spiro atoms. The van der Waals surface area contributed by atoms with Crippen molar-refractivity contribution in [1.29, 1.82) is 0 Å². The number of ether oxygens (including phenoxy) is 1. The van der Waals surface area contributed by atoms with Crippen LogP contribution in [-0.2, 0) is 19.1 Å². The lowest BCUT2D eigenvalue weighted by Crippen LogP contribution is -2.55. The summed E-state index contributed by atoms with van der Waals surface area (Å²) < 4.78 is 5.30. The first-order chi connectivity index (χ1) is 16.3. The van der Waals surface area contributed by atoms with Crippen molar-refractivity contribution in [1.82, 2.24) is 15.5 Å². The number of carbonyl (C=O) groups is 4. The van der Waals surface area contributed by atoms with Gasteiger partial charge in [0.1, 0.15) is 17.7 Å². The summed E-state index contributed by atoms with van der Waals surface area (Å²) in [6.07, 6.45) is 1.20. The summed E-state index contributed by atoms with van der Waals surface area (Å²) >= 11 is 0. The van der Waals surface area contributed by atoms with Gasteiger partial charge in [-0.3, -0.25) is 14.4 Å². The maximum absolute atomic E-state index is 13.9. The van der Waals surface area contributed by atoms with Gasteiger partial charge in [-0.2, -0.15) is 0 Å². The number of nitrogens with zero attached hydrogens (tertiary/aromatic N) is 1. The molecule has 0 heterocycles. The average Bonchev–Trinajstić information content (AvgIpc) is 3.45. The first-order valence-corrected chi connectivity index (χ1v) is 12.3. The van der Waals surface area contributed by atoms with E-state index in [0.717, 1.165) is 18.4 Å². The van der Waals surface area contributed by atoms with Gasteiger partial charge in [-0.1, -0.05) is 50.1 Å². The molecule has 1 fully saturated rings. The highest BCUT2D eigenvalue weighted by Gasteiger charge is 2.48. The second-order valence-corrected chi connectivity index (χ2v) is 10.4. The summed E-state index contributed by atoms with van der Waals surface area (Å²) in [6.45, 7) is 11.5. The number of unbranched alkanes of at least 4 members (excludes halogenated alkanes) is 1. The number of hydrogen-bond acceptors (Lipinski definition) is 5. The molecular formula is C26H40N4O5. The topological polar surface area (TPSA) is 131 Å². The van der Waals surface area contributed by atoms with Gasteiger partial charge in [0.25, 0.3) is 0 Å². The van der Waals surface area contributed by atoms with Crippen LogP contribution in [-0.4, -0.2) is 52.9 Å². The van der Waals surface area contributed by atoms with Crippen LogP contribution in [0.15, 0.2) is 24.3 Å². The third-order valence-electron chi connectivity index (χ3n) is 5.79. The molecule has 9 heteroatoms. The predicted molar refractivity (Wildman–Crippen MR) is 133 cm³/mol. The zero-order valence-corrected chi connectivity index (χ0v) is 21.7. The van der Waals surface area contributed by atoms with E-state index >= 15 is 0 Å². The average molecular weight is 489 g/mol. The van der Waals surface area contributed by atoms with Gasteiger partial charge in [0.2, 0.25) is 17.7 Å². The number of carbonyl (C=O) groups excluding carboxylic acids is 4. The lowest BCUT2D eigenvalue weighted by atomic mass is 9.99. The first kappa shape index (κ1) is 28.1. The first-order valence-electron chi connectivity index (χ1n) is 12.3. The summed E-state index contributed by atoms with van der Waals surface area (Å²) in [5.41, 5.74) is 6.24. The molecule has 0 radical (unpaired) electrons. The van der Waals surface area contributed by atoms with Crippen molar-refractivity contribution in [3.05, 3.63) is 35.4 Å². The van der Waals surface area contributed by atoms with Crippen molar-refractivity contribution >= 4 is 23.8 Å². The number of alkyl carbamates (subject to hydrolysis) is 1. The molecule has 4 amide bonds. The predicted octanol–water partition coefficient (Wildman–Crippen LogP) is 2.96. The van der Waals surface area contributed by atoms with E-state index in [4.69, 9.17) is 10.5 Å². The van der Waals surface area contributed by atoms with Gasteiger partial charge in [-0.15, -0.1) is 0 Å². The Morgan fingerprint density at radius 1 is 1.23 bits per heavy atom. The van der Waals surface area contributed by atoms with Crippen LogP contribution < -0.4 is 16.4 Å². The Kier molecular flexibility index (Phi) is 9.68. The zero-order chi connectivity index (χ0) is 26.3. The number of benzene rings is 1. The number of nitrogens with two attached hydrogens (primary N) is 1. The van der Waals surface area contributed by atoms with Gasteiger partial charge < -0.3 is 26.0 Å². The van der Waals surface area contributed by atoms with Gasteiger partial charge in [0, 0.05) is 12.6 Å². The third kappa shape index (κ3) is 8.56. The highest BCUT2D eigenvalue weighted by Crippen LogP contribution is 2.41. The molecule has 0 bridgehead atoms. The van der Waals surface area contributed by atoms with Crippen LogP contribution in [0.5, 0.6) is 0 Å². The zero-order valence-electron chi connectivity index (χ0n) is 21.7. The van der Waals surface area contributed by atoms with E-state index in [1.807, 2.05) is 45.0 Å². The fourth-order valence-electron chi connectivity index (χ4n) is 3.97. The Morgan fingerprint density at radius 3 is 2.40 bits per heavy atom. The molecule has 0 aromatic heterocycles.